The molecule has 0 bridgehead atoms. The van der Waals surface area contributed by atoms with E-state index in [-0.39, 0.29) is 24.7 Å². The maximum Gasteiger partial charge on any atom is 0.251 e. The van der Waals surface area contributed by atoms with Crippen molar-refractivity contribution in [1.29, 1.82) is 0 Å². The summed E-state index contributed by atoms with van der Waals surface area (Å²) in [6.07, 6.45) is 12.1. The number of nitrogens with two attached hydrogens (primary N) is 2. The smallest absolute Gasteiger partial charge is 0.251 e. The summed E-state index contributed by atoms with van der Waals surface area (Å²) in [4.78, 5) is 36.0. The molecule has 0 fully saturated rings. The zero-order chi connectivity index (χ0) is 22.7. The quantitative estimate of drug-likeness (QED) is 0.266. The number of carbonyl (C=O) groups is 3. The monoisotopic (exact) mass is 432 g/mol. The molecule has 6 N–H and O–H groups in total. The number of hydrogen-bond donors (Lipinski definition) is 4. The van der Waals surface area contributed by atoms with Crippen molar-refractivity contribution in [3.8, 4) is 0 Å². The Labute approximate surface area is 186 Å². The molecule has 0 aromatic heterocycles. The first-order chi connectivity index (χ1) is 15.0. The first-order valence-corrected chi connectivity index (χ1v) is 11.7. The molecular weight excluding hydrogens is 392 g/mol. The highest BCUT2D eigenvalue weighted by molar-refractivity contribution is 5.97. The van der Waals surface area contributed by atoms with Crippen LogP contribution in [0, 0.1) is 0 Å². The van der Waals surface area contributed by atoms with Crippen molar-refractivity contribution < 1.29 is 14.4 Å². The second-order valence-corrected chi connectivity index (χ2v) is 8.01. The first kappa shape index (κ1) is 26.6. The second kappa shape index (κ2) is 17.3. The average Bonchev–Trinajstić information content (AvgIpc) is 2.77. The predicted octanol–water partition coefficient (Wildman–Crippen LogP) is 3.03. The molecule has 0 spiro atoms. The van der Waals surface area contributed by atoms with E-state index >= 15 is 0 Å². The van der Waals surface area contributed by atoms with Crippen LogP contribution >= 0.6 is 0 Å². The number of benzene rings is 1. The lowest BCUT2D eigenvalue weighted by atomic mass is 10.1. The van der Waals surface area contributed by atoms with Crippen molar-refractivity contribution in [3.63, 3.8) is 0 Å². The molecule has 1 unspecified atom stereocenters. The van der Waals surface area contributed by atoms with E-state index in [9.17, 15) is 14.4 Å². The molecule has 7 nitrogen and oxygen atoms in total. The minimum Gasteiger partial charge on any atom is -0.370 e. The summed E-state index contributed by atoms with van der Waals surface area (Å²) in [5, 5.41) is 5.59. The van der Waals surface area contributed by atoms with Gasteiger partial charge in [0.1, 0.15) is 6.04 Å². The topological polar surface area (TPSA) is 127 Å². The van der Waals surface area contributed by atoms with Crippen LogP contribution in [0.5, 0.6) is 0 Å². The van der Waals surface area contributed by atoms with E-state index in [1.165, 1.54) is 38.5 Å². The summed E-state index contributed by atoms with van der Waals surface area (Å²) >= 11 is 0. The van der Waals surface area contributed by atoms with Crippen molar-refractivity contribution in [2.24, 2.45) is 11.5 Å². The Morgan fingerprint density at radius 2 is 1.35 bits per heavy atom. The molecule has 1 rings (SSSR count). The Kier molecular flexibility index (Phi) is 14.8. The van der Waals surface area contributed by atoms with Gasteiger partial charge in [-0.05, 0) is 37.9 Å². The maximum absolute atomic E-state index is 12.5. The van der Waals surface area contributed by atoms with Crippen molar-refractivity contribution in [1.82, 2.24) is 10.6 Å². The Morgan fingerprint density at radius 3 is 1.90 bits per heavy atom. The first-order valence-electron chi connectivity index (χ1n) is 11.7. The highest BCUT2D eigenvalue weighted by atomic mass is 16.2. The molecule has 1 atom stereocenters. The molecule has 0 saturated carbocycles. The summed E-state index contributed by atoms with van der Waals surface area (Å²) in [6.45, 7) is 1.36. The number of primary amides is 1. The zero-order valence-corrected chi connectivity index (χ0v) is 18.7. The Bertz CT molecular complexity index is 637. The summed E-state index contributed by atoms with van der Waals surface area (Å²) in [6, 6.07) is 7.92. The number of carbonyl (C=O) groups excluding carboxylic acids is 3. The molecule has 174 valence electrons. The van der Waals surface area contributed by atoms with Gasteiger partial charge in [0, 0.05) is 18.5 Å². The molecule has 0 aliphatic carbocycles. The lowest BCUT2D eigenvalue weighted by Gasteiger charge is -2.18. The van der Waals surface area contributed by atoms with Crippen LogP contribution in [0.15, 0.2) is 30.3 Å². The van der Waals surface area contributed by atoms with Crippen molar-refractivity contribution in [2.75, 3.05) is 13.1 Å². The van der Waals surface area contributed by atoms with E-state index in [2.05, 4.69) is 10.6 Å². The number of rotatable bonds is 18. The van der Waals surface area contributed by atoms with Gasteiger partial charge in [0.15, 0.2) is 0 Å². The fourth-order valence-electron chi connectivity index (χ4n) is 3.40. The van der Waals surface area contributed by atoms with Crippen LogP contribution in [-0.4, -0.2) is 36.9 Å². The average molecular weight is 433 g/mol. The third-order valence-corrected chi connectivity index (χ3v) is 5.27. The van der Waals surface area contributed by atoms with Gasteiger partial charge in [-0.1, -0.05) is 69.6 Å². The van der Waals surface area contributed by atoms with Crippen LogP contribution in [0.3, 0.4) is 0 Å². The molecule has 0 saturated heterocycles. The van der Waals surface area contributed by atoms with E-state index in [1.54, 1.807) is 24.3 Å². The fourth-order valence-corrected chi connectivity index (χ4v) is 3.40. The van der Waals surface area contributed by atoms with Gasteiger partial charge in [0.2, 0.25) is 11.8 Å². The molecule has 0 aliphatic rings. The van der Waals surface area contributed by atoms with Gasteiger partial charge in [-0.2, -0.15) is 0 Å². The zero-order valence-electron chi connectivity index (χ0n) is 18.7. The molecular formula is C24H40N4O3. The van der Waals surface area contributed by atoms with Crippen LogP contribution in [0.4, 0.5) is 0 Å². The molecule has 7 heteroatoms. The molecule has 1 aromatic rings. The minimum absolute atomic E-state index is 0.0411. The number of hydrogen-bond acceptors (Lipinski definition) is 4. The normalized spacial score (nSPS) is 11.6. The molecule has 3 amide bonds. The van der Waals surface area contributed by atoms with Crippen LogP contribution in [0.2, 0.25) is 0 Å². The lowest BCUT2D eigenvalue weighted by molar-refractivity contribution is -0.123. The molecule has 0 aliphatic heterocycles. The summed E-state index contributed by atoms with van der Waals surface area (Å²) in [5.74, 6) is -1.11. The van der Waals surface area contributed by atoms with E-state index in [0.29, 0.717) is 12.1 Å². The third-order valence-electron chi connectivity index (χ3n) is 5.27. The van der Waals surface area contributed by atoms with Crippen molar-refractivity contribution in [3.05, 3.63) is 35.9 Å². The standard InChI is InChI=1S/C24H40N4O3/c25-18-12-7-5-3-1-2-4-6-8-13-19-27-24(31)21(16-17-22(26)29)28-23(30)20-14-10-9-11-15-20/h9-11,14-15,21H,1-8,12-13,16-19,25H2,(H2,26,29)(H,27,31)(H,28,30). The van der Waals surface area contributed by atoms with Crippen LogP contribution < -0.4 is 22.1 Å². The third kappa shape index (κ3) is 13.5. The van der Waals surface area contributed by atoms with Gasteiger partial charge in [-0.15, -0.1) is 0 Å². The van der Waals surface area contributed by atoms with Gasteiger partial charge < -0.3 is 22.1 Å². The minimum atomic E-state index is -0.778. The Morgan fingerprint density at radius 1 is 0.806 bits per heavy atom. The second-order valence-electron chi connectivity index (χ2n) is 8.01. The fraction of sp³-hybridized carbons (Fsp3) is 0.625. The van der Waals surface area contributed by atoms with Gasteiger partial charge in [-0.25, -0.2) is 0 Å². The summed E-state index contributed by atoms with van der Waals surface area (Å²) in [5.41, 5.74) is 11.2. The SMILES string of the molecule is NCCCCCCCCCCCCNC(=O)C(CCC(N)=O)NC(=O)c1ccccc1. The summed E-state index contributed by atoms with van der Waals surface area (Å²) in [7, 11) is 0. The highest BCUT2D eigenvalue weighted by Crippen LogP contribution is 2.10. The number of nitrogens with one attached hydrogen (secondary N) is 2. The molecule has 31 heavy (non-hydrogen) atoms. The van der Waals surface area contributed by atoms with Gasteiger partial charge in [-0.3, -0.25) is 14.4 Å². The van der Waals surface area contributed by atoms with E-state index in [0.717, 1.165) is 32.2 Å². The predicted molar refractivity (Wildman–Crippen MR) is 124 cm³/mol. The van der Waals surface area contributed by atoms with Crippen LogP contribution in [-0.2, 0) is 9.59 Å². The van der Waals surface area contributed by atoms with E-state index < -0.39 is 11.9 Å². The lowest BCUT2D eigenvalue weighted by Crippen LogP contribution is -2.47. The highest BCUT2D eigenvalue weighted by Gasteiger charge is 2.21. The van der Waals surface area contributed by atoms with E-state index in [4.69, 9.17) is 11.5 Å². The van der Waals surface area contributed by atoms with E-state index in [1.807, 2.05) is 6.07 Å². The van der Waals surface area contributed by atoms with Gasteiger partial charge >= 0.3 is 0 Å². The van der Waals surface area contributed by atoms with Gasteiger partial charge in [0.05, 0.1) is 0 Å². The van der Waals surface area contributed by atoms with Crippen molar-refractivity contribution in [2.45, 2.75) is 83.1 Å². The summed E-state index contributed by atoms with van der Waals surface area (Å²) < 4.78 is 0. The maximum atomic E-state index is 12.5. The largest absolute Gasteiger partial charge is 0.370 e. The Hall–Kier alpha value is -2.41. The molecule has 1 aromatic carbocycles. The van der Waals surface area contributed by atoms with Crippen LogP contribution in [0.1, 0.15) is 87.4 Å². The molecule has 0 radical (unpaired) electrons. The van der Waals surface area contributed by atoms with Gasteiger partial charge in [0.25, 0.3) is 5.91 Å². The van der Waals surface area contributed by atoms with Crippen molar-refractivity contribution >= 4 is 17.7 Å². The Balaban J connectivity index is 2.23. The number of amides is 3. The molecule has 0 heterocycles. The van der Waals surface area contributed by atoms with Crippen LogP contribution in [0.25, 0.3) is 0 Å². The number of unbranched alkanes of at least 4 members (excludes halogenated alkanes) is 9.